The summed E-state index contributed by atoms with van der Waals surface area (Å²) in [5.74, 6) is 3.75. The first-order valence-electron chi connectivity index (χ1n) is 15.9. The number of ether oxygens (including phenoxy) is 1. The van der Waals surface area contributed by atoms with E-state index in [9.17, 15) is 0 Å². The SMILES string of the molecule is C[Si]1(C)c2c(-c3nc(-c4ccccc4)nc(-c4ccccc4)n3)cccc2-c2cccc(N3c4ccccc4Oc4ccccc43)c21. The Morgan fingerprint density at radius 3 is 1.47 bits per heavy atom. The molecule has 0 spiro atoms. The molecule has 0 saturated heterocycles. The van der Waals surface area contributed by atoms with Crippen molar-refractivity contribution in [2.45, 2.75) is 13.1 Å². The van der Waals surface area contributed by atoms with Crippen LogP contribution in [0, 0.1) is 0 Å². The first-order chi connectivity index (χ1) is 23.1. The third-order valence-corrected chi connectivity index (χ3v) is 12.8. The van der Waals surface area contributed by atoms with Crippen LogP contribution in [0.3, 0.4) is 0 Å². The molecule has 0 bridgehead atoms. The predicted molar refractivity (Wildman–Crippen MR) is 193 cm³/mol. The maximum Gasteiger partial charge on any atom is 0.164 e. The Morgan fingerprint density at radius 2 is 0.872 bits per heavy atom. The van der Waals surface area contributed by atoms with E-state index in [1.54, 1.807) is 0 Å². The van der Waals surface area contributed by atoms with Gasteiger partial charge >= 0.3 is 0 Å². The monoisotopic (exact) mass is 622 g/mol. The van der Waals surface area contributed by atoms with E-state index in [1.807, 2.05) is 60.7 Å². The van der Waals surface area contributed by atoms with Crippen molar-refractivity contribution in [3.05, 3.63) is 146 Å². The first-order valence-corrected chi connectivity index (χ1v) is 18.9. The first kappa shape index (κ1) is 27.5. The second-order valence-electron chi connectivity index (χ2n) is 12.5. The van der Waals surface area contributed by atoms with E-state index < -0.39 is 8.07 Å². The van der Waals surface area contributed by atoms with Gasteiger partial charge in [-0.3, -0.25) is 0 Å². The number of hydrogen-bond acceptors (Lipinski definition) is 5. The molecule has 0 fully saturated rings. The molecule has 2 aliphatic rings. The fraction of sp³-hybridized carbons (Fsp3) is 0.0488. The highest BCUT2D eigenvalue weighted by atomic mass is 28.3. The lowest BCUT2D eigenvalue weighted by Gasteiger charge is -2.36. The topological polar surface area (TPSA) is 51.1 Å². The van der Waals surface area contributed by atoms with Gasteiger partial charge < -0.3 is 9.64 Å². The molecular weight excluding hydrogens is 593 g/mol. The number of nitrogens with zero attached hydrogens (tertiary/aromatic N) is 4. The summed E-state index contributed by atoms with van der Waals surface area (Å²) >= 11 is 0. The van der Waals surface area contributed by atoms with Gasteiger partial charge in [0.2, 0.25) is 0 Å². The van der Waals surface area contributed by atoms with Crippen molar-refractivity contribution in [2.75, 3.05) is 4.90 Å². The zero-order valence-electron chi connectivity index (χ0n) is 26.1. The lowest BCUT2D eigenvalue weighted by Crippen LogP contribution is -2.51. The number of anilines is 3. The van der Waals surface area contributed by atoms with Crippen LogP contribution in [0.25, 0.3) is 45.3 Å². The van der Waals surface area contributed by atoms with Crippen LogP contribution in [0.2, 0.25) is 13.1 Å². The number of hydrogen-bond donors (Lipinski definition) is 0. The molecule has 0 aliphatic carbocycles. The molecule has 0 radical (unpaired) electrons. The summed E-state index contributed by atoms with van der Waals surface area (Å²) in [6.07, 6.45) is 0. The van der Waals surface area contributed by atoms with Crippen molar-refractivity contribution in [1.82, 2.24) is 15.0 Å². The summed E-state index contributed by atoms with van der Waals surface area (Å²) in [5, 5.41) is 2.75. The smallest absolute Gasteiger partial charge is 0.164 e. The summed E-state index contributed by atoms with van der Waals surface area (Å²) in [6, 6.07) is 50.3. The van der Waals surface area contributed by atoms with E-state index in [0.29, 0.717) is 17.5 Å². The molecule has 0 unspecified atom stereocenters. The molecule has 5 nitrogen and oxygen atoms in total. The molecule has 0 amide bonds. The Balaban J connectivity index is 1.26. The highest BCUT2D eigenvalue weighted by Crippen LogP contribution is 2.51. The maximum absolute atomic E-state index is 6.38. The standard InChI is InChI=1S/C41H30N4OSi/c1-47(2)37-29(30-20-14-24-34(38(30)47)45-32-22-9-11-25-35(32)46-36-26-12-10-23-33(36)45)19-13-21-31(37)41-43-39(27-15-5-3-6-16-27)42-40(44-41)28-17-7-4-8-18-28/h3-26H,1-2H3. The maximum atomic E-state index is 6.38. The van der Waals surface area contributed by atoms with Crippen LogP contribution in [0.5, 0.6) is 11.5 Å². The minimum Gasteiger partial charge on any atom is -0.453 e. The van der Waals surface area contributed by atoms with Crippen molar-refractivity contribution in [3.8, 4) is 56.8 Å². The molecule has 0 atom stereocenters. The lowest BCUT2D eigenvalue weighted by molar-refractivity contribution is 0.477. The molecule has 7 aromatic rings. The normalized spacial score (nSPS) is 13.6. The third-order valence-electron chi connectivity index (χ3n) is 9.26. The number of aromatic nitrogens is 3. The Hall–Kier alpha value is -5.85. The van der Waals surface area contributed by atoms with Crippen LogP contribution in [-0.4, -0.2) is 23.0 Å². The molecule has 47 heavy (non-hydrogen) atoms. The Morgan fingerprint density at radius 1 is 0.426 bits per heavy atom. The number of benzene rings is 6. The van der Waals surface area contributed by atoms with Crippen LogP contribution < -0.4 is 20.0 Å². The van der Waals surface area contributed by atoms with Gasteiger partial charge in [-0.1, -0.05) is 128 Å². The zero-order valence-corrected chi connectivity index (χ0v) is 27.1. The quantitative estimate of drug-likeness (QED) is 0.183. The van der Waals surface area contributed by atoms with Crippen molar-refractivity contribution < 1.29 is 4.74 Å². The average Bonchev–Trinajstić information content (AvgIpc) is 3.37. The van der Waals surface area contributed by atoms with E-state index in [4.69, 9.17) is 19.7 Å². The Labute approximate surface area is 274 Å². The predicted octanol–water partition coefficient (Wildman–Crippen LogP) is 9.25. The molecule has 0 N–H and O–H groups in total. The van der Waals surface area contributed by atoms with Gasteiger partial charge in [-0.05, 0) is 51.8 Å². The molecule has 9 rings (SSSR count). The molecule has 6 aromatic carbocycles. The molecule has 2 aliphatic heterocycles. The molecular formula is C41H30N4OSi. The average molecular weight is 623 g/mol. The molecule has 0 saturated carbocycles. The van der Waals surface area contributed by atoms with Gasteiger partial charge in [-0.25, -0.2) is 15.0 Å². The lowest BCUT2D eigenvalue weighted by atomic mass is 10.0. The molecule has 6 heteroatoms. The zero-order chi connectivity index (χ0) is 31.5. The van der Waals surface area contributed by atoms with E-state index in [1.165, 1.54) is 27.2 Å². The fourth-order valence-electron chi connectivity index (χ4n) is 7.26. The van der Waals surface area contributed by atoms with Crippen LogP contribution in [-0.2, 0) is 0 Å². The van der Waals surface area contributed by atoms with Crippen molar-refractivity contribution >= 4 is 35.5 Å². The van der Waals surface area contributed by atoms with Gasteiger partial charge in [0.25, 0.3) is 0 Å². The van der Waals surface area contributed by atoms with Gasteiger partial charge in [-0.15, -0.1) is 0 Å². The fourth-order valence-corrected chi connectivity index (χ4v) is 11.0. The summed E-state index contributed by atoms with van der Waals surface area (Å²) in [5.41, 5.74) is 8.80. The summed E-state index contributed by atoms with van der Waals surface area (Å²) in [7, 11) is -2.36. The second kappa shape index (κ2) is 10.6. The minimum absolute atomic E-state index is 0.671. The third kappa shape index (κ3) is 4.33. The minimum atomic E-state index is -2.36. The van der Waals surface area contributed by atoms with Crippen LogP contribution in [0.4, 0.5) is 17.1 Å². The Bertz CT molecular complexity index is 2220. The largest absolute Gasteiger partial charge is 0.453 e. The van der Waals surface area contributed by atoms with E-state index in [2.05, 4.69) is 103 Å². The highest BCUT2D eigenvalue weighted by molar-refractivity contribution is 7.05. The highest BCUT2D eigenvalue weighted by Gasteiger charge is 2.43. The van der Waals surface area contributed by atoms with Gasteiger partial charge in [0.15, 0.2) is 29.0 Å². The summed E-state index contributed by atoms with van der Waals surface area (Å²) < 4.78 is 6.38. The van der Waals surface area contributed by atoms with Crippen molar-refractivity contribution in [2.24, 2.45) is 0 Å². The van der Waals surface area contributed by atoms with Crippen molar-refractivity contribution in [3.63, 3.8) is 0 Å². The summed E-state index contributed by atoms with van der Waals surface area (Å²) in [4.78, 5) is 17.6. The van der Waals surface area contributed by atoms with Gasteiger partial charge in [-0.2, -0.15) is 0 Å². The number of rotatable bonds is 4. The second-order valence-corrected chi connectivity index (χ2v) is 16.7. The van der Waals surface area contributed by atoms with Crippen LogP contribution in [0.15, 0.2) is 146 Å². The van der Waals surface area contributed by atoms with Crippen LogP contribution >= 0.6 is 0 Å². The number of fused-ring (bicyclic) bond motifs is 5. The van der Waals surface area contributed by atoms with E-state index in [0.717, 1.165) is 39.6 Å². The van der Waals surface area contributed by atoms with Crippen LogP contribution in [0.1, 0.15) is 0 Å². The Kier molecular flexibility index (Phi) is 6.20. The molecule has 224 valence electrons. The van der Waals surface area contributed by atoms with E-state index >= 15 is 0 Å². The van der Waals surface area contributed by atoms with E-state index in [-0.39, 0.29) is 0 Å². The van der Waals surface area contributed by atoms with Gasteiger partial charge in [0, 0.05) is 22.4 Å². The summed E-state index contributed by atoms with van der Waals surface area (Å²) in [6.45, 7) is 4.92. The van der Waals surface area contributed by atoms with Gasteiger partial charge in [0.05, 0.1) is 11.4 Å². The molecule has 3 heterocycles. The number of para-hydroxylation sites is 4. The van der Waals surface area contributed by atoms with Gasteiger partial charge in [0.1, 0.15) is 8.07 Å². The van der Waals surface area contributed by atoms with Crippen molar-refractivity contribution in [1.29, 1.82) is 0 Å². The molecule has 1 aromatic heterocycles.